The van der Waals surface area contributed by atoms with Crippen molar-refractivity contribution in [2.75, 3.05) is 32.0 Å². The molecular formula is C7H12N2OS. The summed E-state index contributed by atoms with van der Waals surface area (Å²) in [6, 6.07) is 0. The van der Waals surface area contributed by atoms with Crippen LogP contribution in [0.3, 0.4) is 0 Å². The molecule has 0 aromatic carbocycles. The third-order valence-corrected chi connectivity index (χ3v) is 3.09. The van der Waals surface area contributed by atoms with Crippen molar-refractivity contribution in [3.63, 3.8) is 0 Å². The van der Waals surface area contributed by atoms with Gasteiger partial charge >= 0.3 is 0 Å². The number of likely N-dealkylation sites (tertiary alicyclic amines) is 1. The van der Waals surface area contributed by atoms with Gasteiger partial charge in [0.1, 0.15) is 0 Å². The van der Waals surface area contributed by atoms with Gasteiger partial charge in [0.2, 0.25) is 0 Å². The van der Waals surface area contributed by atoms with Gasteiger partial charge in [0.05, 0.1) is 6.54 Å². The van der Waals surface area contributed by atoms with E-state index in [0.29, 0.717) is 12.5 Å². The number of thioether (sulfide) groups is 1. The van der Waals surface area contributed by atoms with Gasteiger partial charge in [0.15, 0.2) is 5.17 Å². The van der Waals surface area contributed by atoms with E-state index >= 15 is 0 Å². The molecule has 2 rings (SSSR count). The lowest BCUT2D eigenvalue weighted by Gasteiger charge is -2.39. The Morgan fingerprint density at radius 3 is 3.00 bits per heavy atom. The molecule has 0 unspecified atom stereocenters. The minimum Gasteiger partial charge on any atom is -0.396 e. The summed E-state index contributed by atoms with van der Waals surface area (Å²) in [7, 11) is 0. The molecule has 0 saturated carbocycles. The zero-order chi connectivity index (χ0) is 7.68. The lowest BCUT2D eigenvalue weighted by Crippen LogP contribution is -2.50. The zero-order valence-electron chi connectivity index (χ0n) is 6.36. The monoisotopic (exact) mass is 172 g/mol. The highest BCUT2D eigenvalue weighted by Gasteiger charge is 2.29. The van der Waals surface area contributed by atoms with Crippen LogP contribution in [-0.4, -0.2) is 47.2 Å². The lowest BCUT2D eigenvalue weighted by atomic mass is 10.0. The molecule has 4 heteroatoms. The van der Waals surface area contributed by atoms with E-state index in [-0.39, 0.29) is 0 Å². The van der Waals surface area contributed by atoms with Gasteiger partial charge in [-0.2, -0.15) is 0 Å². The Balaban J connectivity index is 1.81. The highest BCUT2D eigenvalue weighted by Crippen LogP contribution is 2.23. The molecule has 3 nitrogen and oxygen atoms in total. The molecule has 2 aliphatic heterocycles. The predicted octanol–water partition coefficient (Wildman–Crippen LogP) is 0.0133. The normalized spacial score (nSPS) is 25.2. The summed E-state index contributed by atoms with van der Waals surface area (Å²) < 4.78 is 0. The first-order valence-electron chi connectivity index (χ1n) is 3.93. The van der Waals surface area contributed by atoms with Crippen LogP contribution in [0.2, 0.25) is 0 Å². The van der Waals surface area contributed by atoms with E-state index in [0.717, 1.165) is 25.4 Å². The van der Waals surface area contributed by atoms with Crippen LogP contribution in [-0.2, 0) is 0 Å². The highest BCUT2D eigenvalue weighted by molar-refractivity contribution is 8.14. The van der Waals surface area contributed by atoms with Crippen LogP contribution in [0.4, 0.5) is 0 Å². The lowest BCUT2D eigenvalue weighted by molar-refractivity contribution is 0.111. The molecule has 1 fully saturated rings. The molecule has 2 heterocycles. The molecule has 0 radical (unpaired) electrons. The van der Waals surface area contributed by atoms with E-state index < -0.39 is 0 Å². The Labute approximate surface area is 70.5 Å². The number of hydrogen-bond acceptors (Lipinski definition) is 4. The average molecular weight is 172 g/mol. The van der Waals surface area contributed by atoms with Crippen molar-refractivity contribution in [3.05, 3.63) is 0 Å². The Morgan fingerprint density at radius 2 is 2.45 bits per heavy atom. The standard InChI is InChI=1S/C7H12N2OS/c10-5-6-3-9(4-6)7-8-1-2-11-7/h6,10H,1-5H2. The average Bonchev–Trinajstić information content (AvgIpc) is 2.37. The molecule has 0 atom stereocenters. The number of amidine groups is 1. The summed E-state index contributed by atoms with van der Waals surface area (Å²) in [4.78, 5) is 6.60. The van der Waals surface area contributed by atoms with Gasteiger partial charge in [-0.3, -0.25) is 4.99 Å². The van der Waals surface area contributed by atoms with Gasteiger partial charge in [0, 0.05) is 31.4 Å². The Morgan fingerprint density at radius 1 is 1.64 bits per heavy atom. The summed E-state index contributed by atoms with van der Waals surface area (Å²) in [6.45, 7) is 3.30. The molecule has 0 spiro atoms. The van der Waals surface area contributed by atoms with Crippen LogP contribution in [0.1, 0.15) is 0 Å². The first-order valence-corrected chi connectivity index (χ1v) is 4.92. The molecule has 0 bridgehead atoms. The SMILES string of the molecule is OCC1CN(C2=NCCS2)C1. The van der Waals surface area contributed by atoms with Crippen molar-refractivity contribution >= 4 is 16.9 Å². The Kier molecular flexibility index (Phi) is 2.05. The van der Waals surface area contributed by atoms with Crippen LogP contribution in [0, 0.1) is 5.92 Å². The molecule has 2 aliphatic rings. The second-order valence-electron chi connectivity index (χ2n) is 2.97. The first kappa shape index (κ1) is 7.43. The van der Waals surface area contributed by atoms with Gasteiger partial charge < -0.3 is 10.0 Å². The number of aliphatic hydroxyl groups excluding tert-OH is 1. The number of hydrogen-bond donors (Lipinski definition) is 1. The third kappa shape index (κ3) is 1.37. The zero-order valence-corrected chi connectivity index (χ0v) is 7.18. The van der Waals surface area contributed by atoms with Crippen LogP contribution >= 0.6 is 11.8 Å². The molecular weight excluding hydrogens is 160 g/mol. The smallest absolute Gasteiger partial charge is 0.159 e. The molecule has 0 aliphatic carbocycles. The van der Waals surface area contributed by atoms with Crippen LogP contribution < -0.4 is 0 Å². The second-order valence-corrected chi connectivity index (χ2v) is 4.03. The van der Waals surface area contributed by atoms with E-state index in [4.69, 9.17) is 5.11 Å². The molecule has 0 aromatic heterocycles. The number of aliphatic hydroxyl groups is 1. The number of nitrogens with zero attached hydrogens (tertiary/aromatic N) is 2. The van der Waals surface area contributed by atoms with Gasteiger partial charge in [-0.25, -0.2) is 0 Å². The summed E-state index contributed by atoms with van der Waals surface area (Å²) in [5.74, 6) is 1.63. The van der Waals surface area contributed by atoms with Crippen LogP contribution in [0.5, 0.6) is 0 Å². The van der Waals surface area contributed by atoms with Crippen molar-refractivity contribution in [3.8, 4) is 0 Å². The fourth-order valence-electron chi connectivity index (χ4n) is 1.36. The maximum Gasteiger partial charge on any atom is 0.159 e. The molecule has 1 N–H and O–H groups in total. The molecule has 1 saturated heterocycles. The minimum atomic E-state index is 0.328. The fourth-order valence-corrected chi connectivity index (χ4v) is 2.24. The van der Waals surface area contributed by atoms with E-state index in [2.05, 4.69) is 9.89 Å². The van der Waals surface area contributed by atoms with E-state index in [1.54, 1.807) is 0 Å². The Hall–Kier alpha value is -0.220. The predicted molar refractivity (Wildman–Crippen MR) is 46.9 cm³/mol. The number of aliphatic imine (C=N–C) groups is 1. The molecule has 0 amide bonds. The Bertz CT molecular complexity index is 177. The van der Waals surface area contributed by atoms with E-state index in [9.17, 15) is 0 Å². The third-order valence-electron chi connectivity index (χ3n) is 2.06. The maximum atomic E-state index is 8.77. The van der Waals surface area contributed by atoms with Gasteiger partial charge in [-0.15, -0.1) is 0 Å². The summed E-state index contributed by atoms with van der Waals surface area (Å²) >= 11 is 1.83. The minimum absolute atomic E-state index is 0.328. The van der Waals surface area contributed by atoms with Crippen molar-refractivity contribution in [1.29, 1.82) is 0 Å². The second kappa shape index (κ2) is 3.03. The fraction of sp³-hybridized carbons (Fsp3) is 0.857. The summed E-state index contributed by atoms with van der Waals surface area (Å²) in [6.07, 6.45) is 0. The topological polar surface area (TPSA) is 35.8 Å². The van der Waals surface area contributed by atoms with E-state index in [1.807, 2.05) is 11.8 Å². The molecule has 0 aromatic rings. The van der Waals surface area contributed by atoms with E-state index in [1.165, 1.54) is 5.17 Å². The largest absolute Gasteiger partial charge is 0.396 e. The van der Waals surface area contributed by atoms with Crippen molar-refractivity contribution < 1.29 is 5.11 Å². The van der Waals surface area contributed by atoms with Gasteiger partial charge in [-0.1, -0.05) is 11.8 Å². The first-order chi connectivity index (χ1) is 5.40. The van der Waals surface area contributed by atoms with Crippen molar-refractivity contribution in [2.45, 2.75) is 0 Å². The highest BCUT2D eigenvalue weighted by atomic mass is 32.2. The van der Waals surface area contributed by atoms with Gasteiger partial charge in [0.25, 0.3) is 0 Å². The molecule has 11 heavy (non-hydrogen) atoms. The number of rotatable bonds is 1. The van der Waals surface area contributed by atoms with Gasteiger partial charge in [-0.05, 0) is 0 Å². The summed E-state index contributed by atoms with van der Waals surface area (Å²) in [5.41, 5.74) is 0. The maximum absolute atomic E-state index is 8.77. The van der Waals surface area contributed by atoms with Crippen LogP contribution in [0.25, 0.3) is 0 Å². The quantitative estimate of drug-likeness (QED) is 0.605. The van der Waals surface area contributed by atoms with Crippen LogP contribution in [0.15, 0.2) is 4.99 Å². The van der Waals surface area contributed by atoms with Crippen molar-refractivity contribution in [2.24, 2.45) is 10.9 Å². The molecule has 62 valence electrons. The summed E-state index contributed by atoms with van der Waals surface area (Å²) in [5, 5.41) is 9.96. The van der Waals surface area contributed by atoms with Crippen molar-refractivity contribution in [1.82, 2.24) is 4.90 Å².